The minimum atomic E-state index is -1.47. The Kier molecular flexibility index (Phi) is 10.8. The second kappa shape index (κ2) is 12.8. The van der Waals surface area contributed by atoms with Crippen LogP contribution in [0.5, 0.6) is 0 Å². The maximum absolute atomic E-state index is 12.8. The van der Waals surface area contributed by atoms with Gasteiger partial charge in [0.2, 0.25) is 5.91 Å². The van der Waals surface area contributed by atoms with Gasteiger partial charge in [-0.2, -0.15) is 0 Å². The van der Waals surface area contributed by atoms with E-state index in [-0.39, 0.29) is 13.2 Å². The van der Waals surface area contributed by atoms with Crippen LogP contribution in [0.1, 0.15) is 47.1 Å². The Morgan fingerprint density at radius 1 is 0.882 bits per heavy atom. The summed E-state index contributed by atoms with van der Waals surface area (Å²) in [6, 6.07) is 6.24. The predicted molar refractivity (Wildman–Crippen MR) is 123 cm³/mol. The molecule has 11 nitrogen and oxygen atoms in total. The van der Waals surface area contributed by atoms with Gasteiger partial charge in [0.15, 0.2) is 0 Å². The highest BCUT2D eigenvalue weighted by Gasteiger charge is 2.29. The molecule has 11 heteroatoms. The molecule has 0 radical (unpaired) electrons. The Bertz CT molecular complexity index is 831. The molecule has 2 atom stereocenters. The van der Waals surface area contributed by atoms with Gasteiger partial charge in [0.1, 0.15) is 24.3 Å². The SMILES string of the molecule is CC(C)(C)OC[C@H](NC(=O)OCc1ccccc1)C(=O)N[C@@H](CNC(=O)OC(C)(C)C)C(=O)O. The lowest BCUT2D eigenvalue weighted by atomic mass is 10.2. The first-order valence-electron chi connectivity index (χ1n) is 10.8. The zero-order valence-corrected chi connectivity index (χ0v) is 20.5. The molecule has 4 N–H and O–H groups in total. The summed E-state index contributed by atoms with van der Waals surface area (Å²) in [5.41, 5.74) is -0.645. The molecule has 1 rings (SSSR count). The van der Waals surface area contributed by atoms with Crippen molar-refractivity contribution in [1.29, 1.82) is 0 Å². The highest BCUT2D eigenvalue weighted by Crippen LogP contribution is 2.09. The van der Waals surface area contributed by atoms with Crippen LogP contribution in [0.2, 0.25) is 0 Å². The maximum atomic E-state index is 12.8. The molecule has 190 valence electrons. The summed E-state index contributed by atoms with van der Waals surface area (Å²) in [6.45, 7) is 9.59. The van der Waals surface area contributed by atoms with E-state index in [1.54, 1.807) is 65.8 Å². The third kappa shape index (κ3) is 12.6. The fourth-order valence-corrected chi connectivity index (χ4v) is 2.40. The Balaban J connectivity index is 2.78. The van der Waals surface area contributed by atoms with Crippen LogP contribution in [0.3, 0.4) is 0 Å². The van der Waals surface area contributed by atoms with Crippen LogP contribution in [0.25, 0.3) is 0 Å². The zero-order valence-electron chi connectivity index (χ0n) is 20.5. The van der Waals surface area contributed by atoms with E-state index >= 15 is 0 Å². The van der Waals surface area contributed by atoms with Gasteiger partial charge < -0.3 is 35.3 Å². The van der Waals surface area contributed by atoms with Crippen molar-refractivity contribution < 1.29 is 38.5 Å². The van der Waals surface area contributed by atoms with Gasteiger partial charge in [-0.25, -0.2) is 14.4 Å². The van der Waals surface area contributed by atoms with Gasteiger partial charge in [-0.15, -0.1) is 0 Å². The van der Waals surface area contributed by atoms with Crippen molar-refractivity contribution in [2.45, 2.75) is 71.4 Å². The van der Waals surface area contributed by atoms with Crippen molar-refractivity contribution in [3.63, 3.8) is 0 Å². The number of rotatable bonds is 10. The third-order valence-corrected chi connectivity index (χ3v) is 3.97. The second-order valence-corrected chi connectivity index (χ2v) is 9.46. The number of amides is 3. The van der Waals surface area contributed by atoms with Crippen LogP contribution in [-0.4, -0.2) is 65.6 Å². The Hall–Kier alpha value is -3.34. The molecular formula is C23H35N3O8. The lowest BCUT2D eigenvalue weighted by molar-refractivity contribution is -0.142. The fraction of sp³-hybridized carbons (Fsp3) is 0.565. The molecule has 0 aliphatic heterocycles. The number of nitrogens with one attached hydrogen (secondary N) is 3. The largest absolute Gasteiger partial charge is 0.480 e. The number of benzene rings is 1. The van der Waals surface area contributed by atoms with E-state index in [1.807, 2.05) is 6.07 Å². The minimum absolute atomic E-state index is 0.0152. The average molecular weight is 482 g/mol. The van der Waals surface area contributed by atoms with Crippen LogP contribution in [0.4, 0.5) is 9.59 Å². The number of aliphatic carboxylic acids is 1. The highest BCUT2D eigenvalue weighted by atomic mass is 16.6. The van der Waals surface area contributed by atoms with E-state index in [9.17, 15) is 24.3 Å². The molecule has 0 saturated carbocycles. The van der Waals surface area contributed by atoms with Crippen molar-refractivity contribution in [3.8, 4) is 0 Å². The van der Waals surface area contributed by atoms with E-state index < -0.39 is 53.9 Å². The minimum Gasteiger partial charge on any atom is -0.480 e. The van der Waals surface area contributed by atoms with Crippen molar-refractivity contribution in [3.05, 3.63) is 35.9 Å². The number of carbonyl (C=O) groups excluding carboxylic acids is 3. The van der Waals surface area contributed by atoms with E-state index in [2.05, 4.69) is 16.0 Å². The summed E-state index contributed by atoms with van der Waals surface area (Å²) in [6.07, 6.45) is -1.71. The molecule has 0 aliphatic carbocycles. The molecule has 0 fully saturated rings. The zero-order chi connectivity index (χ0) is 25.9. The molecule has 1 aromatic carbocycles. The first-order valence-corrected chi connectivity index (χ1v) is 10.8. The molecule has 0 aromatic heterocycles. The molecular weight excluding hydrogens is 446 g/mol. The molecule has 0 saturated heterocycles. The maximum Gasteiger partial charge on any atom is 0.408 e. The molecule has 0 heterocycles. The number of hydrogen-bond donors (Lipinski definition) is 4. The van der Waals surface area contributed by atoms with Crippen LogP contribution in [0.15, 0.2) is 30.3 Å². The summed E-state index contributed by atoms with van der Waals surface area (Å²) in [4.78, 5) is 48.5. The summed E-state index contributed by atoms with van der Waals surface area (Å²) in [5.74, 6) is -2.20. The monoisotopic (exact) mass is 481 g/mol. The Morgan fingerprint density at radius 3 is 2.03 bits per heavy atom. The lowest BCUT2D eigenvalue weighted by Gasteiger charge is -2.26. The first kappa shape index (κ1) is 28.7. The van der Waals surface area contributed by atoms with E-state index in [1.165, 1.54) is 0 Å². The highest BCUT2D eigenvalue weighted by molar-refractivity contribution is 5.89. The van der Waals surface area contributed by atoms with Crippen LogP contribution in [-0.2, 0) is 30.4 Å². The van der Waals surface area contributed by atoms with E-state index in [4.69, 9.17) is 14.2 Å². The van der Waals surface area contributed by atoms with Gasteiger partial charge in [-0.05, 0) is 47.1 Å². The number of carboxylic acids is 1. The van der Waals surface area contributed by atoms with Gasteiger partial charge in [-0.3, -0.25) is 4.79 Å². The van der Waals surface area contributed by atoms with Gasteiger partial charge in [0.05, 0.1) is 18.8 Å². The van der Waals surface area contributed by atoms with Crippen LogP contribution < -0.4 is 16.0 Å². The number of alkyl carbamates (subject to hydrolysis) is 2. The predicted octanol–water partition coefficient (Wildman–Crippen LogP) is 2.19. The molecule has 0 bridgehead atoms. The number of carbonyl (C=O) groups is 4. The van der Waals surface area contributed by atoms with Crippen molar-refractivity contribution in [2.75, 3.05) is 13.2 Å². The van der Waals surface area contributed by atoms with Gasteiger partial charge in [-0.1, -0.05) is 30.3 Å². The van der Waals surface area contributed by atoms with Gasteiger partial charge >= 0.3 is 18.2 Å². The number of carboxylic acid groups (broad SMARTS) is 1. The Labute approximate surface area is 199 Å². The van der Waals surface area contributed by atoms with Gasteiger partial charge in [0.25, 0.3) is 0 Å². The topological polar surface area (TPSA) is 152 Å². The summed E-state index contributed by atoms with van der Waals surface area (Å²) >= 11 is 0. The summed E-state index contributed by atoms with van der Waals surface area (Å²) < 4.78 is 15.8. The first-order chi connectivity index (χ1) is 15.7. The molecule has 1 aromatic rings. The van der Waals surface area contributed by atoms with Crippen molar-refractivity contribution in [1.82, 2.24) is 16.0 Å². The van der Waals surface area contributed by atoms with Gasteiger partial charge in [0, 0.05) is 0 Å². The fourth-order valence-electron chi connectivity index (χ4n) is 2.40. The second-order valence-electron chi connectivity index (χ2n) is 9.46. The van der Waals surface area contributed by atoms with Crippen LogP contribution in [0, 0.1) is 0 Å². The quantitative estimate of drug-likeness (QED) is 0.397. The van der Waals surface area contributed by atoms with Crippen molar-refractivity contribution in [2.24, 2.45) is 0 Å². The molecule has 3 amide bonds. The summed E-state index contributed by atoms with van der Waals surface area (Å²) in [7, 11) is 0. The molecule has 0 unspecified atom stereocenters. The lowest BCUT2D eigenvalue weighted by Crippen LogP contribution is -2.56. The molecule has 34 heavy (non-hydrogen) atoms. The smallest absolute Gasteiger partial charge is 0.408 e. The Morgan fingerprint density at radius 2 is 1.50 bits per heavy atom. The average Bonchev–Trinajstić information content (AvgIpc) is 2.71. The van der Waals surface area contributed by atoms with E-state index in [0.717, 1.165) is 5.56 Å². The van der Waals surface area contributed by atoms with Crippen LogP contribution >= 0.6 is 0 Å². The normalized spacial score (nSPS) is 13.2. The standard InChI is InChI=1S/C23H35N3O8/c1-22(2,3)33-14-17(26-21(31)32-13-15-10-8-7-9-11-15)18(27)25-16(19(28)29)12-24-20(30)34-23(4,5)6/h7-11,16-17H,12-14H2,1-6H3,(H,24,30)(H,25,27)(H,26,31)(H,28,29)/t16-,17-/m0/s1. The number of ether oxygens (including phenoxy) is 3. The number of hydrogen-bond acceptors (Lipinski definition) is 7. The summed E-state index contributed by atoms with van der Waals surface area (Å²) in [5, 5.41) is 16.4. The molecule has 0 spiro atoms. The third-order valence-electron chi connectivity index (χ3n) is 3.97. The molecule has 0 aliphatic rings. The van der Waals surface area contributed by atoms with Crippen molar-refractivity contribution >= 4 is 24.1 Å². The van der Waals surface area contributed by atoms with E-state index in [0.29, 0.717) is 0 Å².